The van der Waals surface area contributed by atoms with Crippen LogP contribution in [0.15, 0.2) is 36.4 Å². The minimum atomic E-state index is -0.762. The van der Waals surface area contributed by atoms with Gasteiger partial charge in [0.05, 0.1) is 26.1 Å². The van der Waals surface area contributed by atoms with E-state index >= 15 is 0 Å². The van der Waals surface area contributed by atoms with E-state index < -0.39 is 35.7 Å². The van der Waals surface area contributed by atoms with Gasteiger partial charge in [-0.1, -0.05) is 0 Å². The number of benzene rings is 2. The normalized spacial score (nSPS) is 17.4. The molecule has 0 amide bonds. The van der Waals surface area contributed by atoms with Crippen molar-refractivity contribution < 1.29 is 48.3 Å². The minimum Gasteiger partial charge on any atom is -0.507 e. The molecule has 0 bridgehead atoms. The number of phenols is 2. The number of hydrogen-bond donors (Lipinski definition) is 2. The van der Waals surface area contributed by atoms with Crippen molar-refractivity contribution >= 4 is 23.9 Å². The summed E-state index contributed by atoms with van der Waals surface area (Å²) in [5, 5.41) is 19.5. The maximum atomic E-state index is 12.5. The van der Waals surface area contributed by atoms with Gasteiger partial charge in [-0.2, -0.15) is 0 Å². The van der Waals surface area contributed by atoms with Crippen molar-refractivity contribution in [3.63, 3.8) is 0 Å². The zero-order valence-corrected chi connectivity index (χ0v) is 18.6. The number of aromatic hydroxyl groups is 2. The first kappa shape index (κ1) is 24.6. The quantitative estimate of drug-likeness (QED) is 0.475. The fraction of sp³-hybridized carbons (Fsp3) is 0.333. The van der Waals surface area contributed by atoms with Gasteiger partial charge in [0.1, 0.15) is 34.1 Å². The molecule has 3 rings (SSSR count). The predicted octanol–water partition coefficient (Wildman–Crippen LogP) is 2.99. The van der Waals surface area contributed by atoms with Crippen molar-refractivity contribution in [2.24, 2.45) is 11.8 Å². The Kier molecular flexibility index (Phi) is 7.72. The number of ether oxygens (including phenoxy) is 4. The molecular formula is C24H24O10. The van der Waals surface area contributed by atoms with Crippen LogP contribution in [-0.2, 0) is 19.1 Å². The molecule has 34 heavy (non-hydrogen) atoms. The molecule has 0 aromatic heterocycles. The highest BCUT2D eigenvalue weighted by atomic mass is 16.5. The summed E-state index contributed by atoms with van der Waals surface area (Å²) in [4.78, 5) is 48.5. The van der Waals surface area contributed by atoms with Gasteiger partial charge in [0.15, 0.2) is 0 Å². The number of carbonyl (C=O) groups is 4. The van der Waals surface area contributed by atoms with E-state index in [2.05, 4.69) is 9.47 Å². The molecule has 1 aliphatic carbocycles. The van der Waals surface area contributed by atoms with Gasteiger partial charge in [-0.25, -0.2) is 9.59 Å². The Balaban J connectivity index is 1.56. The Morgan fingerprint density at radius 1 is 0.676 bits per heavy atom. The van der Waals surface area contributed by atoms with E-state index in [1.165, 1.54) is 50.6 Å². The Labute approximate surface area is 195 Å². The number of rotatable bonds is 6. The van der Waals surface area contributed by atoms with Crippen LogP contribution >= 0.6 is 0 Å². The average molecular weight is 472 g/mol. The summed E-state index contributed by atoms with van der Waals surface area (Å²) in [7, 11) is 2.34. The Morgan fingerprint density at radius 3 is 1.35 bits per heavy atom. The monoisotopic (exact) mass is 472 g/mol. The molecule has 0 spiro atoms. The second-order valence-corrected chi connectivity index (χ2v) is 7.73. The molecule has 2 aromatic rings. The summed E-state index contributed by atoms with van der Waals surface area (Å²) in [5.41, 5.74) is -0.243. The zero-order valence-electron chi connectivity index (χ0n) is 18.6. The van der Waals surface area contributed by atoms with Crippen LogP contribution in [0.4, 0.5) is 0 Å². The van der Waals surface area contributed by atoms with Gasteiger partial charge in [0.2, 0.25) is 0 Å². The lowest BCUT2D eigenvalue weighted by Crippen LogP contribution is -2.30. The van der Waals surface area contributed by atoms with Crippen LogP contribution in [0.1, 0.15) is 46.4 Å². The topological polar surface area (TPSA) is 146 Å². The third-order valence-corrected chi connectivity index (χ3v) is 5.58. The average Bonchev–Trinajstić information content (AvgIpc) is 2.85. The minimum absolute atomic E-state index is 0.0958. The largest absolute Gasteiger partial charge is 0.507 e. The first-order valence-electron chi connectivity index (χ1n) is 10.5. The van der Waals surface area contributed by atoms with E-state index in [1.54, 1.807) is 0 Å². The SMILES string of the molecule is COC(=O)c1cc(OC(=O)C2CCC(C(=O)Oc3ccc(O)c(C(=O)OC)c3)CC2)ccc1O. The van der Waals surface area contributed by atoms with Gasteiger partial charge in [-0.05, 0) is 62.1 Å². The van der Waals surface area contributed by atoms with E-state index in [0.29, 0.717) is 25.7 Å². The summed E-state index contributed by atoms with van der Waals surface area (Å²) in [6.45, 7) is 0. The first-order chi connectivity index (χ1) is 16.2. The lowest BCUT2D eigenvalue weighted by Gasteiger charge is -2.25. The first-order valence-corrected chi connectivity index (χ1v) is 10.5. The number of methoxy groups -OCH3 is 2. The van der Waals surface area contributed by atoms with E-state index in [9.17, 15) is 29.4 Å². The van der Waals surface area contributed by atoms with Crippen LogP contribution < -0.4 is 9.47 Å². The van der Waals surface area contributed by atoms with Crippen LogP contribution in [0.2, 0.25) is 0 Å². The summed E-state index contributed by atoms with van der Waals surface area (Å²) in [6, 6.07) is 7.64. The molecule has 0 atom stereocenters. The van der Waals surface area contributed by atoms with Crippen molar-refractivity contribution in [3.8, 4) is 23.0 Å². The predicted molar refractivity (Wildman–Crippen MR) is 116 cm³/mol. The molecule has 0 radical (unpaired) electrons. The maximum Gasteiger partial charge on any atom is 0.341 e. The molecule has 1 fully saturated rings. The van der Waals surface area contributed by atoms with Gasteiger partial charge >= 0.3 is 23.9 Å². The molecule has 10 heteroatoms. The lowest BCUT2D eigenvalue weighted by atomic mass is 9.82. The second kappa shape index (κ2) is 10.7. The third kappa shape index (κ3) is 5.64. The molecule has 2 aromatic carbocycles. The van der Waals surface area contributed by atoms with Crippen molar-refractivity contribution in [3.05, 3.63) is 47.5 Å². The third-order valence-electron chi connectivity index (χ3n) is 5.58. The Bertz CT molecular complexity index is 1010. The van der Waals surface area contributed by atoms with E-state index in [4.69, 9.17) is 9.47 Å². The molecule has 1 saturated carbocycles. The summed E-state index contributed by atoms with van der Waals surface area (Å²) in [6.07, 6.45) is 1.57. The smallest absolute Gasteiger partial charge is 0.341 e. The van der Waals surface area contributed by atoms with Gasteiger partial charge < -0.3 is 29.2 Å². The lowest BCUT2D eigenvalue weighted by molar-refractivity contribution is -0.145. The molecule has 0 aliphatic heterocycles. The Hall–Kier alpha value is -4.08. The van der Waals surface area contributed by atoms with Crippen molar-refractivity contribution in [1.29, 1.82) is 0 Å². The molecule has 10 nitrogen and oxygen atoms in total. The maximum absolute atomic E-state index is 12.5. The van der Waals surface area contributed by atoms with E-state index in [-0.39, 0.29) is 34.1 Å². The van der Waals surface area contributed by atoms with Crippen LogP contribution in [0.3, 0.4) is 0 Å². The number of esters is 4. The van der Waals surface area contributed by atoms with Crippen molar-refractivity contribution in [2.75, 3.05) is 14.2 Å². The van der Waals surface area contributed by atoms with Gasteiger partial charge in [-0.3, -0.25) is 9.59 Å². The summed E-state index contributed by atoms with van der Waals surface area (Å²) in [5.74, 6) is -3.82. The fourth-order valence-electron chi connectivity index (χ4n) is 3.67. The summed E-state index contributed by atoms with van der Waals surface area (Å²) < 4.78 is 19.9. The number of carbonyl (C=O) groups excluding carboxylic acids is 4. The zero-order chi connectivity index (χ0) is 24.8. The van der Waals surface area contributed by atoms with Crippen molar-refractivity contribution in [1.82, 2.24) is 0 Å². The highest BCUT2D eigenvalue weighted by molar-refractivity contribution is 5.93. The summed E-state index contributed by atoms with van der Waals surface area (Å²) >= 11 is 0. The molecule has 180 valence electrons. The fourth-order valence-corrected chi connectivity index (χ4v) is 3.67. The highest BCUT2D eigenvalue weighted by Gasteiger charge is 2.32. The number of hydrogen-bond acceptors (Lipinski definition) is 10. The van der Waals surface area contributed by atoms with Crippen LogP contribution in [0.5, 0.6) is 23.0 Å². The van der Waals surface area contributed by atoms with Gasteiger partial charge in [-0.15, -0.1) is 0 Å². The number of phenolic OH excluding ortho intramolecular Hbond substituents is 2. The van der Waals surface area contributed by atoms with Gasteiger partial charge in [0.25, 0.3) is 0 Å². The van der Waals surface area contributed by atoms with E-state index in [0.717, 1.165) is 0 Å². The molecule has 0 saturated heterocycles. The molecular weight excluding hydrogens is 448 g/mol. The van der Waals surface area contributed by atoms with Crippen LogP contribution in [0.25, 0.3) is 0 Å². The molecule has 1 aliphatic rings. The van der Waals surface area contributed by atoms with Crippen LogP contribution in [0, 0.1) is 11.8 Å². The van der Waals surface area contributed by atoms with Crippen molar-refractivity contribution in [2.45, 2.75) is 25.7 Å². The highest BCUT2D eigenvalue weighted by Crippen LogP contribution is 2.33. The van der Waals surface area contributed by atoms with E-state index in [1.807, 2.05) is 0 Å². The molecule has 0 heterocycles. The Morgan fingerprint density at radius 2 is 1.03 bits per heavy atom. The molecule has 0 unspecified atom stereocenters. The standard InChI is InChI=1S/C24H24O10/c1-31-23(29)17-11-15(7-9-19(17)25)33-21(27)13-3-5-14(6-4-13)22(28)34-16-8-10-20(26)18(12-16)24(30)32-2/h7-14,25-26H,3-6H2,1-2H3. The second-order valence-electron chi connectivity index (χ2n) is 7.73. The molecule has 2 N–H and O–H groups in total. The van der Waals surface area contributed by atoms with Gasteiger partial charge in [0, 0.05) is 0 Å². The van der Waals surface area contributed by atoms with Crippen LogP contribution in [-0.4, -0.2) is 48.3 Å².